The van der Waals surface area contributed by atoms with Gasteiger partial charge in [-0.3, -0.25) is 9.69 Å². The highest BCUT2D eigenvalue weighted by atomic mass is 16.8. The predicted molar refractivity (Wildman–Crippen MR) is 113 cm³/mol. The minimum absolute atomic E-state index is 0.00374. The van der Waals surface area contributed by atoms with Gasteiger partial charge in [-0.05, 0) is 37.1 Å². The zero-order valence-electron chi connectivity index (χ0n) is 17.5. The Morgan fingerprint density at radius 3 is 2.84 bits per heavy atom. The number of nitrogens with one attached hydrogen (secondary N) is 2. The Morgan fingerprint density at radius 1 is 1.34 bits per heavy atom. The van der Waals surface area contributed by atoms with E-state index in [1.807, 2.05) is 12.1 Å². The smallest absolute Gasteiger partial charge is 0.251 e. The van der Waals surface area contributed by atoms with Crippen LogP contribution in [0.25, 0.3) is 11.4 Å². The average Bonchev–Trinajstić information content (AvgIpc) is 3.44. The Morgan fingerprint density at radius 2 is 2.16 bits per heavy atom. The summed E-state index contributed by atoms with van der Waals surface area (Å²) in [4.78, 5) is 22.6. The second-order valence-corrected chi connectivity index (χ2v) is 7.50. The molecule has 3 heterocycles. The molecule has 1 unspecified atom stereocenters. The number of anilines is 1. The normalized spacial score (nSPS) is 17.4. The highest BCUT2D eigenvalue weighted by Crippen LogP contribution is 2.33. The van der Waals surface area contributed by atoms with Gasteiger partial charge >= 0.3 is 0 Å². The summed E-state index contributed by atoms with van der Waals surface area (Å²) < 4.78 is 10.3. The average molecular weight is 440 g/mol. The van der Waals surface area contributed by atoms with Gasteiger partial charge in [0.15, 0.2) is 5.69 Å². The number of hydrogen-bond donors (Lipinski definition) is 3. The van der Waals surface area contributed by atoms with Crippen LogP contribution in [0.2, 0.25) is 0 Å². The topological polar surface area (TPSA) is 141 Å². The second-order valence-electron chi connectivity index (χ2n) is 7.50. The van der Waals surface area contributed by atoms with E-state index in [1.54, 1.807) is 30.5 Å². The second kappa shape index (κ2) is 9.94. The van der Waals surface area contributed by atoms with Gasteiger partial charge in [0.25, 0.3) is 5.91 Å². The number of carbonyl (C=O) groups is 1. The third kappa shape index (κ3) is 5.15. The lowest BCUT2D eigenvalue weighted by Gasteiger charge is -2.21. The Hall–Kier alpha value is -3.22. The number of benzene rings is 1. The molecule has 32 heavy (non-hydrogen) atoms. The van der Waals surface area contributed by atoms with E-state index in [1.165, 1.54) is 7.11 Å². The van der Waals surface area contributed by atoms with Crippen molar-refractivity contribution in [3.63, 3.8) is 0 Å². The molecule has 0 spiro atoms. The summed E-state index contributed by atoms with van der Waals surface area (Å²) in [6, 6.07) is 10.3. The molecule has 0 aliphatic carbocycles. The maximum atomic E-state index is 11.6. The van der Waals surface area contributed by atoms with E-state index in [0.717, 1.165) is 24.9 Å². The van der Waals surface area contributed by atoms with Crippen molar-refractivity contribution in [2.45, 2.75) is 25.4 Å². The van der Waals surface area contributed by atoms with Crippen LogP contribution in [0, 0.1) is 5.21 Å². The largest absolute Gasteiger partial charge is 0.595 e. The van der Waals surface area contributed by atoms with Crippen LogP contribution >= 0.6 is 0 Å². The Labute approximate surface area is 184 Å². The molecule has 0 saturated carbocycles. The van der Waals surface area contributed by atoms with Crippen LogP contribution in [0.4, 0.5) is 11.5 Å². The lowest BCUT2D eigenvalue weighted by molar-refractivity contribution is -0.991. The monoisotopic (exact) mass is 440 g/mol. The van der Waals surface area contributed by atoms with Crippen molar-refractivity contribution in [3.05, 3.63) is 59.3 Å². The minimum Gasteiger partial charge on any atom is -0.595 e. The van der Waals surface area contributed by atoms with E-state index in [9.17, 15) is 10.0 Å². The van der Waals surface area contributed by atoms with Crippen LogP contribution in [0.3, 0.4) is 0 Å². The van der Waals surface area contributed by atoms with Crippen molar-refractivity contribution in [2.24, 2.45) is 0 Å². The molecule has 3 aromatic rings. The molecule has 1 amide bonds. The quantitative estimate of drug-likeness (QED) is 0.444. The number of nitrogens with zero attached hydrogens (tertiary/aromatic N) is 4. The summed E-state index contributed by atoms with van der Waals surface area (Å²) in [6.45, 7) is 1.51. The number of methoxy groups -OCH3 is 1. The number of hydrogen-bond acceptors (Lipinski definition) is 9. The first-order valence-corrected chi connectivity index (χ1v) is 10.2. The molecule has 2 aromatic heterocycles. The number of rotatable bonds is 8. The van der Waals surface area contributed by atoms with Gasteiger partial charge in [-0.1, -0.05) is 17.3 Å². The zero-order valence-corrected chi connectivity index (χ0v) is 17.5. The van der Waals surface area contributed by atoms with Crippen molar-refractivity contribution in [2.75, 3.05) is 25.6 Å². The molecule has 11 nitrogen and oxygen atoms in total. The standard InChI is InChI=1S/C21H24N6O5/c1-31-13-19(28)23-18-9-6-15(11-22-18)20-24-21(32-25-20)17-3-2-10-26(17)12-14-4-7-16(8-5-14)27(29)30/h4-9,11,17,27,29H,2-3,10,12-13H2,1H3,(H,22,23,28)/t17-/m0/s1. The SMILES string of the molecule is COCC(=O)Nc1ccc(-c2noc([C@@H]3CCCN3Cc3ccc([NH+]([O-])O)cc3)n2)cn1. The van der Waals surface area contributed by atoms with Gasteiger partial charge in [0.2, 0.25) is 11.7 Å². The number of pyridine rings is 1. The van der Waals surface area contributed by atoms with E-state index in [4.69, 9.17) is 14.5 Å². The summed E-state index contributed by atoms with van der Waals surface area (Å²) in [5.74, 6) is 1.10. The van der Waals surface area contributed by atoms with E-state index >= 15 is 0 Å². The molecule has 1 aliphatic rings. The number of ether oxygens (including phenoxy) is 1. The van der Waals surface area contributed by atoms with E-state index in [-0.39, 0.29) is 24.2 Å². The zero-order chi connectivity index (χ0) is 22.5. The first-order valence-electron chi connectivity index (χ1n) is 10.2. The van der Waals surface area contributed by atoms with Crippen molar-refractivity contribution in [1.82, 2.24) is 20.0 Å². The van der Waals surface area contributed by atoms with Gasteiger partial charge in [0.05, 0.1) is 6.04 Å². The maximum Gasteiger partial charge on any atom is 0.251 e. The molecule has 3 N–H and O–H groups in total. The van der Waals surface area contributed by atoms with Gasteiger partial charge in [-0.25, -0.2) is 10.2 Å². The molecule has 1 saturated heterocycles. The molecule has 11 heteroatoms. The number of amides is 1. The fourth-order valence-corrected chi connectivity index (χ4v) is 3.68. The molecular weight excluding hydrogens is 416 g/mol. The number of quaternary nitrogens is 1. The highest BCUT2D eigenvalue weighted by Gasteiger charge is 2.31. The van der Waals surface area contributed by atoms with Crippen LogP contribution in [0.5, 0.6) is 0 Å². The van der Waals surface area contributed by atoms with Crippen LogP contribution in [0.1, 0.15) is 30.3 Å². The van der Waals surface area contributed by atoms with Crippen LogP contribution in [0.15, 0.2) is 47.1 Å². The van der Waals surface area contributed by atoms with Gasteiger partial charge in [-0.2, -0.15) is 10.2 Å². The highest BCUT2D eigenvalue weighted by molar-refractivity contribution is 5.90. The first kappa shape index (κ1) is 22.0. The van der Waals surface area contributed by atoms with Crippen molar-refractivity contribution in [3.8, 4) is 11.4 Å². The minimum atomic E-state index is -0.936. The molecule has 2 atom stereocenters. The van der Waals surface area contributed by atoms with E-state index < -0.39 is 5.23 Å². The van der Waals surface area contributed by atoms with Crippen LogP contribution < -0.4 is 10.5 Å². The fraction of sp³-hybridized carbons (Fsp3) is 0.333. The lowest BCUT2D eigenvalue weighted by Crippen LogP contribution is -2.99. The third-order valence-corrected chi connectivity index (χ3v) is 5.24. The van der Waals surface area contributed by atoms with Crippen molar-refractivity contribution in [1.29, 1.82) is 0 Å². The van der Waals surface area contributed by atoms with Crippen molar-refractivity contribution < 1.29 is 24.5 Å². The fourth-order valence-electron chi connectivity index (χ4n) is 3.68. The molecule has 0 radical (unpaired) electrons. The Bertz CT molecular complexity index is 1040. The van der Waals surface area contributed by atoms with Crippen molar-refractivity contribution >= 4 is 17.4 Å². The van der Waals surface area contributed by atoms with E-state index in [2.05, 4.69) is 25.3 Å². The lowest BCUT2D eigenvalue weighted by atomic mass is 10.1. The Balaban J connectivity index is 1.42. The summed E-state index contributed by atoms with van der Waals surface area (Å²) in [5, 5.41) is 25.9. The maximum absolute atomic E-state index is 11.6. The van der Waals surface area contributed by atoms with E-state index in [0.29, 0.717) is 29.6 Å². The predicted octanol–water partition coefficient (Wildman–Crippen LogP) is 1.46. The van der Waals surface area contributed by atoms with Crippen LogP contribution in [-0.4, -0.2) is 51.4 Å². The molecule has 1 fully saturated rings. The Kier molecular flexibility index (Phi) is 6.83. The summed E-state index contributed by atoms with van der Waals surface area (Å²) in [7, 11) is 1.45. The van der Waals surface area contributed by atoms with Gasteiger partial charge in [-0.15, -0.1) is 0 Å². The number of aromatic nitrogens is 3. The first-order chi connectivity index (χ1) is 15.5. The molecular formula is C21H24N6O5. The summed E-state index contributed by atoms with van der Waals surface area (Å²) in [5.41, 5.74) is 1.97. The van der Waals surface area contributed by atoms with Gasteiger partial charge in [0, 0.05) is 37.5 Å². The molecule has 1 aromatic carbocycles. The summed E-state index contributed by atoms with van der Waals surface area (Å²) in [6.07, 6.45) is 3.48. The molecule has 168 valence electrons. The van der Waals surface area contributed by atoms with Gasteiger partial charge < -0.3 is 19.8 Å². The summed E-state index contributed by atoms with van der Waals surface area (Å²) >= 11 is 0. The number of carbonyl (C=O) groups excluding carboxylic acids is 1. The molecule has 1 aliphatic heterocycles. The molecule has 4 rings (SSSR count). The van der Waals surface area contributed by atoms with Gasteiger partial charge in [0.1, 0.15) is 12.4 Å². The third-order valence-electron chi connectivity index (χ3n) is 5.24. The van der Waals surface area contributed by atoms with Crippen LogP contribution in [-0.2, 0) is 16.1 Å². The molecule has 0 bridgehead atoms. The number of likely N-dealkylation sites (tertiary alicyclic amines) is 1.